The van der Waals surface area contributed by atoms with Crippen molar-refractivity contribution in [3.8, 4) is 33.5 Å². The molecular weight excluding hydrogens is 595 g/mol. The SMILES string of the molecule is C=CC=C.CC.c1ccc(-c2c3ccccc3c(-c3ccc(-c4cccc5c4oc4cc6ccccc6cc45)nc3)c3ccccc23)cc1. The van der Waals surface area contributed by atoms with E-state index < -0.39 is 0 Å². The van der Waals surface area contributed by atoms with Crippen molar-refractivity contribution in [3.05, 3.63) is 177 Å². The van der Waals surface area contributed by atoms with Crippen LogP contribution in [-0.2, 0) is 0 Å². The third-order valence-electron chi connectivity index (χ3n) is 8.85. The molecule has 0 saturated heterocycles. The van der Waals surface area contributed by atoms with Crippen molar-refractivity contribution in [2.45, 2.75) is 13.8 Å². The van der Waals surface area contributed by atoms with E-state index in [1.807, 2.05) is 20.0 Å². The molecule has 2 nitrogen and oxygen atoms in total. The Morgan fingerprint density at radius 1 is 0.490 bits per heavy atom. The average Bonchev–Trinajstić information content (AvgIpc) is 3.55. The van der Waals surface area contributed by atoms with Crippen molar-refractivity contribution in [1.29, 1.82) is 0 Å². The van der Waals surface area contributed by atoms with E-state index >= 15 is 0 Å². The summed E-state index contributed by atoms with van der Waals surface area (Å²) in [6.45, 7) is 10.7. The molecule has 9 rings (SSSR count). The second-order valence-corrected chi connectivity index (χ2v) is 11.6. The van der Waals surface area contributed by atoms with Crippen LogP contribution in [0.3, 0.4) is 0 Å². The van der Waals surface area contributed by atoms with E-state index in [1.165, 1.54) is 49.0 Å². The van der Waals surface area contributed by atoms with Crippen LogP contribution < -0.4 is 0 Å². The van der Waals surface area contributed by atoms with Gasteiger partial charge in [0.2, 0.25) is 0 Å². The lowest BCUT2D eigenvalue weighted by molar-refractivity contribution is 0.670. The van der Waals surface area contributed by atoms with Gasteiger partial charge in [-0.15, -0.1) is 0 Å². The number of hydrogen-bond donors (Lipinski definition) is 0. The van der Waals surface area contributed by atoms with Crippen molar-refractivity contribution in [3.63, 3.8) is 0 Å². The van der Waals surface area contributed by atoms with E-state index in [2.05, 4.69) is 159 Å². The molecule has 236 valence electrons. The minimum atomic E-state index is 0.871. The highest BCUT2D eigenvalue weighted by Crippen LogP contribution is 2.44. The summed E-state index contributed by atoms with van der Waals surface area (Å²) >= 11 is 0. The topological polar surface area (TPSA) is 26.0 Å². The fourth-order valence-electron chi connectivity index (χ4n) is 6.74. The van der Waals surface area contributed by atoms with E-state index in [-0.39, 0.29) is 0 Å². The molecule has 0 N–H and O–H groups in total. The van der Waals surface area contributed by atoms with Crippen LogP contribution in [0.15, 0.2) is 182 Å². The Morgan fingerprint density at radius 2 is 1.02 bits per heavy atom. The van der Waals surface area contributed by atoms with Crippen molar-refractivity contribution < 1.29 is 4.42 Å². The molecule has 0 bridgehead atoms. The van der Waals surface area contributed by atoms with E-state index in [1.54, 1.807) is 12.2 Å². The van der Waals surface area contributed by atoms with Gasteiger partial charge >= 0.3 is 0 Å². The predicted molar refractivity (Wildman–Crippen MR) is 212 cm³/mol. The van der Waals surface area contributed by atoms with Crippen LogP contribution in [-0.4, -0.2) is 4.98 Å². The number of rotatable bonds is 4. The summed E-state index contributed by atoms with van der Waals surface area (Å²) in [5.41, 5.74) is 8.46. The molecule has 2 heterocycles. The van der Waals surface area contributed by atoms with Gasteiger partial charge in [-0.1, -0.05) is 160 Å². The van der Waals surface area contributed by atoms with Gasteiger partial charge in [0.05, 0.1) is 5.69 Å². The number of para-hydroxylation sites is 1. The third kappa shape index (κ3) is 5.68. The van der Waals surface area contributed by atoms with Crippen molar-refractivity contribution in [2.75, 3.05) is 0 Å². The third-order valence-corrected chi connectivity index (χ3v) is 8.85. The van der Waals surface area contributed by atoms with E-state index in [0.29, 0.717) is 0 Å². The molecule has 0 unspecified atom stereocenters. The van der Waals surface area contributed by atoms with Crippen LogP contribution in [0.2, 0.25) is 0 Å². The minimum Gasteiger partial charge on any atom is -0.455 e. The highest BCUT2D eigenvalue weighted by molar-refractivity contribution is 6.21. The van der Waals surface area contributed by atoms with Gasteiger partial charge in [-0.25, -0.2) is 0 Å². The number of pyridine rings is 1. The molecule has 9 aromatic rings. The van der Waals surface area contributed by atoms with Gasteiger partial charge in [0.1, 0.15) is 11.2 Å². The van der Waals surface area contributed by atoms with Gasteiger partial charge < -0.3 is 4.42 Å². The quantitative estimate of drug-likeness (QED) is 0.143. The van der Waals surface area contributed by atoms with Gasteiger partial charge in [0.25, 0.3) is 0 Å². The van der Waals surface area contributed by atoms with Crippen LogP contribution in [0.1, 0.15) is 13.8 Å². The van der Waals surface area contributed by atoms with Gasteiger partial charge in [-0.2, -0.15) is 0 Å². The lowest BCUT2D eigenvalue weighted by Crippen LogP contribution is -1.92. The fraction of sp³-hybridized carbons (Fsp3) is 0.0426. The van der Waals surface area contributed by atoms with Crippen LogP contribution in [0.25, 0.3) is 87.8 Å². The van der Waals surface area contributed by atoms with Crippen LogP contribution >= 0.6 is 0 Å². The standard InChI is InChI=1S/C41H25NO.C4H6.C2H6/c1-2-11-26(12-3-1)39-30-15-6-8-17-32(30)40(33-18-9-7-16-31(33)39)29-21-22-37(42-25-29)35-20-10-19-34-36-23-27-13-4-5-14-28(27)24-38(36)43-41(34)35;1-3-4-2;1-2/h1-25H;3-4H,1-2H2;1-2H3. The summed E-state index contributed by atoms with van der Waals surface area (Å²) in [6, 6.07) is 51.6. The maximum Gasteiger partial charge on any atom is 0.144 e. The molecule has 0 saturated carbocycles. The number of nitrogens with zero attached hydrogens (tertiary/aromatic N) is 1. The Labute approximate surface area is 287 Å². The molecule has 0 amide bonds. The Bertz CT molecular complexity index is 2530. The van der Waals surface area contributed by atoms with Gasteiger partial charge in [-0.05, 0) is 73.3 Å². The maximum atomic E-state index is 6.49. The number of hydrogen-bond acceptors (Lipinski definition) is 2. The molecule has 2 aromatic heterocycles. The molecule has 0 spiro atoms. The van der Waals surface area contributed by atoms with Gasteiger partial charge in [0.15, 0.2) is 0 Å². The molecule has 7 aromatic carbocycles. The molecular formula is C47H37NO. The summed E-state index contributed by atoms with van der Waals surface area (Å²) in [6.07, 6.45) is 5.29. The zero-order chi connectivity index (χ0) is 33.7. The first-order valence-corrected chi connectivity index (χ1v) is 16.8. The number of benzene rings is 7. The Hall–Kier alpha value is -6.25. The normalized spacial score (nSPS) is 10.8. The highest BCUT2D eigenvalue weighted by Gasteiger charge is 2.18. The first kappa shape index (κ1) is 31.4. The van der Waals surface area contributed by atoms with E-state index in [9.17, 15) is 0 Å². The molecule has 0 aliphatic rings. The fourth-order valence-corrected chi connectivity index (χ4v) is 6.74. The summed E-state index contributed by atoms with van der Waals surface area (Å²) < 4.78 is 6.49. The predicted octanol–water partition coefficient (Wildman–Crippen LogP) is 13.8. The molecule has 0 aliphatic heterocycles. The maximum absolute atomic E-state index is 6.49. The lowest BCUT2D eigenvalue weighted by atomic mass is 9.86. The average molecular weight is 632 g/mol. The molecule has 0 atom stereocenters. The van der Waals surface area contributed by atoms with E-state index in [4.69, 9.17) is 9.40 Å². The lowest BCUT2D eigenvalue weighted by Gasteiger charge is -2.17. The summed E-state index contributed by atoms with van der Waals surface area (Å²) in [4.78, 5) is 5.03. The largest absolute Gasteiger partial charge is 0.455 e. The molecule has 49 heavy (non-hydrogen) atoms. The van der Waals surface area contributed by atoms with Crippen LogP contribution in [0.5, 0.6) is 0 Å². The van der Waals surface area contributed by atoms with Gasteiger partial charge in [0, 0.05) is 28.1 Å². The number of fused-ring (bicyclic) bond motifs is 6. The summed E-state index contributed by atoms with van der Waals surface area (Å²) in [5.74, 6) is 0. The van der Waals surface area contributed by atoms with Crippen molar-refractivity contribution in [1.82, 2.24) is 4.98 Å². The number of aromatic nitrogens is 1. The monoisotopic (exact) mass is 631 g/mol. The first-order chi connectivity index (χ1) is 24.2. The van der Waals surface area contributed by atoms with Crippen molar-refractivity contribution >= 4 is 54.3 Å². The first-order valence-electron chi connectivity index (χ1n) is 16.8. The number of furan rings is 1. The van der Waals surface area contributed by atoms with Gasteiger partial charge in [-0.3, -0.25) is 4.98 Å². The smallest absolute Gasteiger partial charge is 0.144 e. The second kappa shape index (κ2) is 13.9. The molecule has 2 heteroatoms. The van der Waals surface area contributed by atoms with Crippen LogP contribution in [0.4, 0.5) is 0 Å². The zero-order valence-electron chi connectivity index (χ0n) is 27.9. The molecule has 0 aliphatic carbocycles. The Morgan fingerprint density at radius 3 is 1.59 bits per heavy atom. The minimum absolute atomic E-state index is 0.871. The number of allylic oxidation sites excluding steroid dienone is 2. The Kier molecular flexibility index (Phi) is 8.86. The van der Waals surface area contributed by atoms with Crippen LogP contribution in [0, 0.1) is 0 Å². The summed E-state index contributed by atoms with van der Waals surface area (Å²) in [7, 11) is 0. The molecule has 0 fully saturated rings. The highest BCUT2D eigenvalue weighted by atomic mass is 16.3. The zero-order valence-corrected chi connectivity index (χ0v) is 27.9. The van der Waals surface area contributed by atoms with Crippen molar-refractivity contribution in [2.24, 2.45) is 0 Å². The Balaban J connectivity index is 0.000000590. The second-order valence-electron chi connectivity index (χ2n) is 11.6. The molecule has 0 radical (unpaired) electrons. The summed E-state index contributed by atoms with van der Waals surface area (Å²) in [5, 5.41) is 9.55. The van der Waals surface area contributed by atoms with E-state index in [0.717, 1.165) is 38.8 Å².